The molecule has 1 spiro atoms. The minimum atomic E-state index is 0.525. The summed E-state index contributed by atoms with van der Waals surface area (Å²) in [5, 5.41) is 3.33. The van der Waals surface area contributed by atoms with Crippen molar-refractivity contribution in [3.8, 4) is 0 Å². The summed E-state index contributed by atoms with van der Waals surface area (Å²) in [6.07, 6.45) is 2.58. The van der Waals surface area contributed by atoms with Gasteiger partial charge in [-0.05, 0) is 19.4 Å². The quantitative estimate of drug-likeness (QED) is 0.451. The molecule has 1 heterocycles. The van der Waals surface area contributed by atoms with Gasteiger partial charge in [-0.2, -0.15) is 0 Å². The van der Waals surface area contributed by atoms with Crippen LogP contribution in [0.5, 0.6) is 0 Å². The highest BCUT2D eigenvalue weighted by molar-refractivity contribution is 5.10. The molecule has 1 saturated heterocycles. The van der Waals surface area contributed by atoms with E-state index in [0.717, 1.165) is 0 Å². The van der Waals surface area contributed by atoms with Crippen LogP contribution in [-0.4, -0.2) is 19.1 Å². The maximum Gasteiger partial charge on any atom is 0.0115 e. The van der Waals surface area contributed by atoms with Crippen LogP contribution in [0.25, 0.3) is 0 Å². The summed E-state index contributed by atoms with van der Waals surface area (Å²) < 4.78 is 0. The predicted octanol–water partition coefficient (Wildman–Crippen LogP) is -0.303. The second-order valence-electron chi connectivity index (χ2n) is 3.10. The molecule has 0 amide bonds. The molecule has 2 aliphatic rings. The average molecular weight is 112 g/mol. The first-order valence-electron chi connectivity index (χ1n) is 3.30. The molecule has 8 heavy (non-hydrogen) atoms. The van der Waals surface area contributed by atoms with E-state index >= 15 is 0 Å². The first kappa shape index (κ1) is 4.77. The van der Waals surface area contributed by atoms with Gasteiger partial charge in [0.15, 0.2) is 0 Å². The van der Waals surface area contributed by atoms with E-state index in [0.29, 0.717) is 11.5 Å². The minimum absolute atomic E-state index is 0.525. The fraction of sp³-hybridized carbons (Fsp3) is 1.00. The molecule has 0 aromatic heterocycles. The Kier molecular flexibility index (Phi) is 0.746. The van der Waals surface area contributed by atoms with Gasteiger partial charge in [0.25, 0.3) is 0 Å². The summed E-state index contributed by atoms with van der Waals surface area (Å²) in [4.78, 5) is 0. The van der Waals surface area contributed by atoms with Crippen molar-refractivity contribution in [1.29, 1.82) is 0 Å². The molecule has 1 aliphatic heterocycles. The van der Waals surface area contributed by atoms with Crippen molar-refractivity contribution in [2.24, 2.45) is 11.1 Å². The van der Waals surface area contributed by atoms with Crippen molar-refractivity contribution in [2.45, 2.75) is 18.9 Å². The van der Waals surface area contributed by atoms with Gasteiger partial charge >= 0.3 is 0 Å². The molecule has 1 aliphatic carbocycles. The number of nitrogens with one attached hydrogen (secondary N) is 1. The third-order valence-corrected chi connectivity index (χ3v) is 2.53. The molecule has 2 heteroatoms. The minimum Gasteiger partial charge on any atom is -0.327 e. The molecule has 0 unspecified atom stereocenters. The Morgan fingerprint density at radius 3 is 2.62 bits per heavy atom. The zero-order chi connectivity index (χ0) is 5.61. The van der Waals surface area contributed by atoms with E-state index in [9.17, 15) is 0 Å². The molecule has 2 atom stereocenters. The van der Waals surface area contributed by atoms with Gasteiger partial charge in [0.1, 0.15) is 0 Å². The molecule has 2 rings (SSSR count). The van der Waals surface area contributed by atoms with Crippen LogP contribution >= 0.6 is 0 Å². The van der Waals surface area contributed by atoms with Crippen LogP contribution < -0.4 is 11.1 Å². The summed E-state index contributed by atoms with van der Waals surface area (Å²) in [5.41, 5.74) is 6.29. The van der Waals surface area contributed by atoms with Gasteiger partial charge in [-0.25, -0.2) is 0 Å². The highest BCUT2D eigenvalue weighted by Crippen LogP contribution is 2.48. The first-order chi connectivity index (χ1) is 3.83. The third-order valence-electron chi connectivity index (χ3n) is 2.53. The highest BCUT2D eigenvalue weighted by atomic mass is 15.0. The van der Waals surface area contributed by atoms with Crippen molar-refractivity contribution < 1.29 is 0 Å². The van der Waals surface area contributed by atoms with Gasteiger partial charge in [0.2, 0.25) is 0 Å². The molecule has 0 radical (unpaired) electrons. The van der Waals surface area contributed by atoms with E-state index in [1.165, 1.54) is 25.9 Å². The van der Waals surface area contributed by atoms with Gasteiger partial charge in [-0.15, -0.1) is 0 Å². The van der Waals surface area contributed by atoms with E-state index in [1.54, 1.807) is 0 Å². The Morgan fingerprint density at radius 1 is 1.62 bits per heavy atom. The monoisotopic (exact) mass is 112 g/mol. The number of rotatable bonds is 0. The van der Waals surface area contributed by atoms with Crippen molar-refractivity contribution in [2.75, 3.05) is 13.1 Å². The molecule has 1 saturated carbocycles. The van der Waals surface area contributed by atoms with Gasteiger partial charge in [-0.1, -0.05) is 0 Å². The molecule has 0 aromatic rings. The largest absolute Gasteiger partial charge is 0.327 e. The van der Waals surface area contributed by atoms with Gasteiger partial charge < -0.3 is 11.1 Å². The second-order valence-corrected chi connectivity index (χ2v) is 3.10. The predicted molar refractivity (Wildman–Crippen MR) is 32.5 cm³/mol. The zero-order valence-corrected chi connectivity index (χ0v) is 4.98. The number of hydrogen-bond acceptors (Lipinski definition) is 2. The van der Waals surface area contributed by atoms with Crippen LogP contribution in [0.4, 0.5) is 0 Å². The Balaban J connectivity index is 2.06. The van der Waals surface area contributed by atoms with Crippen molar-refractivity contribution in [3.63, 3.8) is 0 Å². The molecule has 3 N–H and O–H groups in total. The zero-order valence-electron chi connectivity index (χ0n) is 4.98. The fourth-order valence-corrected chi connectivity index (χ4v) is 1.63. The molecular formula is C6H12N2. The Bertz CT molecular complexity index is 105. The van der Waals surface area contributed by atoms with Crippen molar-refractivity contribution in [1.82, 2.24) is 5.32 Å². The second kappa shape index (κ2) is 1.25. The van der Waals surface area contributed by atoms with E-state index in [1.807, 2.05) is 0 Å². The van der Waals surface area contributed by atoms with E-state index in [4.69, 9.17) is 5.73 Å². The lowest BCUT2D eigenvalue weighted by Crippen LogP contribution is -2.16. The van der Waals surface area contributed by atoms with Crippen molar-refractivity contribution in [3.05, 3.63) is 0 Å². The van der Waals surface area contributed by atoms with E-state index in [-0.39, 0.29) is 0 Å². The summed E-state index contributed by atoms with van der Waals surface area (Å²) in [6, 6.07) is 0.525. The standard InChI is InChI=1S/C6H12N2/c7-5-3-6(5)1-2-8-4-6/h5,8H,1-4,7H2/t5-,6+/m1/s1. The summed E-state index contributed by atoms with van der Waals surface area (Å²) in [6.45, 7) is 2.36. The van der Waals surface area contributed by atoms with Crippen LogP contribution in [0.15, 0.2) is 0 Å². The lowest BCUT2D eigenvalue weighted by Gasteiger charge is -2.00. The first-order valence-corrected chi connectivity index (χ1v) is 3.30. The van der Waals surface area contributed by atoms with Crippen LogP contribution in [0.2, 0.25) is 0 Å². The van der Waals surface area contributed by atoms with Crippen molar-refractivity contribution >= 4 is 0 Å². The topological polar surface area (TPSA) is 38.0 Å². The Morgan fingerprint density at radius 2 is 2.38 bits per heavy atom. The van der Waals surface area contributed by atoms with E-state index < -0.39 is 0 Å². The van der Waals surface area contributed by atoms with Gasteiger partial charge in [0.05, 0.1) is 0 Å². The van der Waals surface area contributed by atoms with Crippen LogP contribution in [0, 0.1) is 5.41 Å². The fourth-order valence-electron chi connectivity index (χ4n) is 1.63. The molecular weight excluding hydrogens is 100 g/mol. The summed E-state index contributed by atoms with van der Waals surface area (Å²) >= 11 is 0. The van der Waals surface area contributed by atoms with Gasteiger partial charge in [-0.3, -0.25) is 0 Å². The molecule has 0 bridgehead atoms. The Hall–Kier alpha value is -0.0800. The van der Waals surface area contributed by atoms with Crippen LogP contribution in [-0.2, 0) is 0 Å². The van der Waals surface area contributed by atoms with Gasteiger partial charge in [0, 0.05) is 18.0 Å². The highest BCUT2D eigenvalue weighted by Gasteiger charge is 2.52. The smallest absolute Gasteiger partial charge is 0.0115 e. The molecule has 2 fully saturated rings. The summed E-state index contributed by atoms with van der Waals surface area (Å²) in [7, 11) is 0. The summed E-state index contributed by atoms with van der Waals surface area (Å²) in [5.74, 6) is 0. The lowest BCUT2D eigenvalue weighted by molar-refractivity contribution is 0.547. The molecule has 46 valence electrons. The maximum atomic E-state index is 5.72. The average Bonchev–Trinajstić information content (AvgIpc) is 2.29. The maximum absolute atomic E-state index is 5.72. The van der Waals surface area contributed by atoms with Crippen LogP contribution in [0.1, 0.15) is 12.8 Å². The normalized spacial score (nSPS) is 52.9. The number of nitrogens with two attached hydrogens (primary N) is 1. The molecule has 2 nitrogen and oxygen atoms in total. The van der Waals surface area contributed by atoms with Crippen LogP contribution in [0.3, 0.4) is 0 Å². The Labute approximate surface area is 49.4 Å². The number of hydrogen-bond donors (Lipinski definition) is 2. The SMILES string of the molecule is N[C@@H]1C[C@]12CCNC2. The molecule has 0 aromatic carbocycles. The lowest BCUT2D eigenvalue weighted by atomic mass is 10.1. The van der Waals surface area contributed by atoms with E-state index in [2.05, 4.69) is 5.32 Å². The third kappa shape index (κ3) is 0.446.